The van der Waals surface area contributed by atoms with Crippen LogP contribution in [0, 0.1) is 12.7 Å². The normalized spacial score (nSPS) is 22.7. The molecule has 4 rings (SSSR count). The molecule has 6 nitrogen and oxygen atoms in total. The van der Waals surface area contributed by atoms with Gasteiger partial charge in [0.15, 0.2) is 0 Å². The first-order chi connectivity index (χ1) is 13.0. The molecule has 1 aromatic heterocycles. The van der Waals surface area contributed by atoms with Crippen molar-refractivity contribution < 1.29 is 9.18 Å². The summed E-state index contributed by atoms with van der Waals surface area (Å²) in [5.41, 5.74) is 7.77. The Morgan fingerprint density at radius 3 is 2.70 bits per heavy atom. The lowest BCUT2D eigenvalue weighted by molar-refractivity contribution is 0.243. The van der Waals surface area contributed by atoms with E-state index in [9.17, 15) is 9.18 Å². The number of fused-ring (bicyclic) bond motifs is 1. The maximum atomic E-state index is 14.6. The molecule has 1 aromatic carbocycles. The summed E-state index contributed by atoms with van der Waals surface area (Å²) in [7, 11) is 0. The smallest absolute Gasteiger partial charge is 0.328 e. The molecule has 1 fully saturated rings. The number of para-hydroxylation sites is 1. The van der Waals surface area contributed by atoms with Gasteiger partial charge in [-0.2, -0.15) is 4.98 Å². The van der Waals surface area contributed by atoms with Gasteiger partial charge in [0.05, 0.1) is 12.2 Å². The van der Waals surface area contributed by atoms with Crippen LogP contribution in [-0.4, -0.2) is 28.1 Å². The van der Waals surface area contributed by atoms with Crippen molar-refractivity contribution in [1.82, 2.24) is 9.97 Å². The molecule has 0 radical (unpaired) electrons. The van der Waals surface area contributed by atoms with Crippen molar-refractivity contribution in [2.24, 2.45) is 5.73 Å². The SMILES string of the molecule is Cc1cccc(F)c1N1Cc2cnc(Cl)nc2N([C@H]2CC[C@@H](N)CC2)C1=O. The van der Waals surface area contributed by atoms with Gasteiger partial charge in [-0.3, -0.25) is 9.80 Å². The lowest BCUT2D eigenvalue weighted by atomic mass is 9.90. The van der Waals surface area contributed by atoms with Gasteiger partial charge >= 0.3 is 6.03 Å². The van der Waals surface area contributed by atoms with Crippen LogP contribution in [0.2, 0.25) is 5.28 Å². The molecule has 142 valence electrons. The van der Waals surface area contributed by atoms with Gasteiger partial charge in [0, 0.05) is 23.8 Å². The first-order valence-corrected chi connectivity index (χ1v) is 9.46. The van der Waals surface area contributed by atoms with Gasteiger partial charge < -0.3 is 5.73 Å². The number of benzene rings is 1. The molecule has 1 aliphatic carbocycles. The molecule has 0 bridgehead atoms. The van der Waals surface area contributed by atoms with Gasteiger partial charge in [-0.15, -0.1) is 0 Å². The number of nitrogens with two attached hydrogens (primary N) is 1. The molecule has 8 heteroatoms. The number of halogens is 2. The van der Waals surface area contributed by atoms with Crippen LogP contribution in [-0.2, 0) is 6.54 Å². The van der Waals surface area contributed by atoms with E-state index in [4.69, 9.17) is 17.3 Å². The molecule has 0 spiro atoms. The van der Waals surface area contributed by atoms with E-state index >= 15 is 0 Å². The molecule has 27 heavy (non-hydrogen) atoms. The van der Waals surface area contributed by atoms with Crippen molar-refractivity contribution in [1.29, 1.82) is 0 Å². The molecule has 2 aromatic rings. The number of hydrogen-bond donors (Lipinski definition) is 1. The summed E-state index contributed by atoms with van der Waals surface area (Å²) < 4.78 is 14.6. The molecule has 0 saturated heterocycles. The van der Waals surface area contributed by atoms with Crippen molar-refractivity contribution >= 4 is 29.1 Å². The Hall–Kier alpha value is -2.25. The quantitative estimate of drug-likeness (QED) is 0.793. The number of rotatable bonds is 2. The van der Waals surface area contributed by atoms with Crippen molar-refractivity contribution in [2.75, 3.05) is 9.80 Å². The molecule has 0 unspecified atom stereocenters. The van der Waals surface area contributed by atoms with E-state index in [1.807, 2.05) is 0 Å². The second kappa shape index (κ2) is 7.05. The number of anilines is 2. The van der Waals surface area contributed by atoms with Crippen LogP contribution in [0.5, 0.6) is 0 Å². The molecule has 1 saturated carbocycles. The van der Waals surface area contributed by atoms with E-state index in [0.29, 0.717) is 17.1 Å². The third kappa shape index (κ3) is 3.26. The number of aromatic nitrogens is 2. The molecule has 0 atom stereocenters. The predicted molar refractivity (Wildman–Crippen MR) is 102 cm³/mol. The second-order valence-electron chi connectivity index (χ2n) is 7.20. The second-order valence-corrected chi connectivity index (χ2v) is 7.54. The summed E-state index contributed by atoms with van der Waals surface area (Å²) in [5.74, 6) is 0.0954. The summed E-state index contributed by atoms with van der Waals surface area (Å²) >= 11 is 6.00. The van der Waals surface area contributed by atoms with Gasteiger partial charge in [-0.25, -0.2) is 14.2 Å². The summed E-state index contributed by atoms with van der Waals surface area (Å²) in [5, 5.41) is 0.0922. The van der Waals surface area contributed by atoms with E-state index in [1.165, 1.54) is 11.0 Å². The zero-order valence-corrected chi connectivity index (χ0v) is 15.8. The average molecular weight is 390 g/mol. The van der Waals surface area contributed by atoms with Gasteiger partial charge in [0.25, 0.3) is 0 Å². The number of carbonyl (C=O) groups excluding carboxylic acids is 1. The van der Waals surface area contributed by atoms with Gasteiger partial charge in [-0.05, 0) is 55.8 Å². The molecule has 2 N–H and O–H groups in total. The maximum absolute atomic E-state index is 14.6. The summed E-state index contributed by atoms with van der Waals surface area (Å²) in [6.07, 6.45) is 4.83. The molecule has 2 amide bonds. The van der Waals surface area contributed by atoms with E-state index in [2.05, 4.69) is 9.97 Å². The molecular formula is C19H21ClFN5O. The van der Waals surface area contributed by atoms with E-state index in [1.54, 1.807) is 30.2 Å². The fraction of sp³-hybridized carbons (Fsp3) is 0.421. The third-order valence-electron chi connectivity index (χ3n) is 5.37. The Balaban J connectivity index is 1.79. The van der Waals surface area contributed by atoms with Crippen LogP contribution in [0.15, 0.2) is 24.4 Å². The van der Waals surface area contributed by atoms with Crippen LogP contribution in [0.4, 0.5) is 20.7 Å². The molecular weight excluding hydrogens is 369 g/mol. The number of nitrogens with zero attached hydrogens (tertiary/aromatic N) is 4. The molecule has 1 aliphatic heterocycles. The highest BCUT2D eigenvalue weighted by Crippen LogP contribution is 2.37. The maximum Gasteiger partial charge on any atom is 0.330 e. The summed E-state index contributed by atoms with van der Waals surface area (Å²) in [4.78, 5) is 24.9. The van der Waals surface area contributed by atoms with Gasteiger partial charge in [0.2, 0.25) is 5.28 Å². The minimum absolute atomic E-state index is 0.0445. The fourth-order valence-electron chi connectivity index (χ4n) is 3.98. The lowest BCUT2D eigenvalue weighted by Gasteiger charge is -2.42. The predicted octanol–water partition coefficient (Wildman–Crippen LogP) is 3.79. The minimum atomic E-state index is -0.424. The third-order valence-corrected chi connectivity index (χ3v) is 5.55. The Bertz CT molecular complexity index is 864. The first kappa shape index (κ1) is 18.1. The highest BCUT2D eigenvalue weighted by Gasteiger charge is 2.39. The number of aryl methyl sites for hydroxylation is 1. The van der Waals surface area contributed by atoms with Crippen molar-refractivity contribution in [2.45, 2.75) is 51.2 Å². The number of carbonyl (C=O) groups is 1. The van der Waals surface area contributed by atoms with Crippen LogP contribution < -0.4 is 15.5 Å². The highest BCUT2D eigenvalue weighted by atomic mass is 35.5. The standard InChI is InChI=1S/C19H21ClFN5O/c1-11-3-2-4-15(21)16(11)25-10-12-9-23-18(20)24-17(12)26(19(25)27)14-7-5-13(22)6-8-14/h2-4,9,13-14H,5-8,10,22H2,1H3/t13-,14+. The van der Waals surface area contributed by atoms with Crippen molar-refractivity contribution in [3.8, 4) is 0 Å². The first-order valence-electron chi connectivity index (χ1n) is 9.08. The monoisotopic (exact) mass is 389 g/mol. The topological polar surface area (TPSA) is 75.3 Å². The van der Waals surface area contributed by atoms with Crippen LogP contribution in [0.3, 0.4) is 0 Å². The largest absolute Gasteiger partial charge is 0.330 e. The molecule has 2 aliphatic rings. The Kier molecular flexibility index (Phi) is 4.74. The summed E-state index contributed by atoms with van der Waals surface area (Å²) in [6, 6.07) is 4.62. The van der Waals surface area contributed by atoms with E-state index < -0.39 is 5.82 Å². The van der Waals surface area contributed by atoms with Crippen LogP contribution in [0.1, 0.15) is 36.8 Å². The van der Waals surface area contributed by atoms with E-state index in [0.717, 1.165) is 31.2 Å². The van der Waals surface area contributed by atoms with Gasteiger partial charge in [-0.1, -0.05) is 12.1 Å². The fourth-order valence-corrected chi connectivity index (χ4v) is 4.11. The van der Waals surface area contributed by atoms with Crippen molar-refractivity contribution in [3.63, 3.8) is 0 Å². The van der Waals surface area contributed by atoms with E-state index in [-0.39, 0.29) is 29.9 Å². The average Bonchev–Trinajstić information content (AvgIpc) is 2.63. The highest BCUT2D eigenvalue weighted by molar-refractivity contribution is 6.28. The molecule has 2 heterocycles. The summed E-state index contributed by atoms with van der Waals surface area (Å²) in [6.45, 7) is 2.00. The number of amides is 2. The Morgan fingerprint density at radius 1 is 1.26 bits per heavy atom. The zero-order valence-electron chi connectivity index (χ0n) is 15.0. The number of hydrogen-bond acceptors (Lipinski definition) is 4. The van der Waals surface area contributed by atoms with Gasteiger partial charge in [0.1, 0.15) is 11.6 Å². The Labute approximate surface area is 162 Å². The lowest BCUT2D eigenvalue weighted by Crippen LogP contribution is -2.54. The van der Waals surface area contributed by atoms with Crippen LogP contribution >= 0.6 is 11.6 Å². The zero-order chi connectivity index (χ0) is 19.1. The van der Waals surface area contributed by atoms with Crippen LogP contribution in [0.25, 0.3) is 0 Å². The minimum Gasteiger partial charge on any atom is -0.328 e. The van der Waals surface area contributed by atoms with Crippen molar-refractivity contribution in [3.05, 3.63) is 46.6 Å². The Morgan fingerprint density at radius 2 is 2.00 bits per heavy atom. The number of urea groups is 1.